The molecule has 15 heavy (non-hydrogen) atoms. The van der Waals surface area contributed by atoms with Gasteiger partial charge in [0.15, 0.2) is 0 Å². The highest BCUT2D eigenvalue weighted by Crippen LogP contribution is 2.23. The van der Waals surface area contributed by atoms with Gasteiger partial charge in [-0.3, -0.25) is 0 Å². The minimum atomic E-state index is 0.850. The van der Waals surface area contributed by atoms with E-state index >= 15 is 0 Å². The van der Waals surface area contributed by atoms with Crippen molar-refractivity contribution in [2.75, 3.05) is 44.9 Å². The Balaban J connectivity index is 2.69. The number of nitrogen functional groups attached to an aromatic ring is 1. The summed E-state index contributed by atoms with van der Waals surface area (Å²) < 4.78 is 1.18. The van der Waals surface area contributed by atoms with Crippen molar-refractivity contribution in [3.63, 3.8) is 0 Å². The van der Waals surface area contributed by atoms with E-state index in [1.807, 2.05) is 6.07 Å². The predicted molar refractivity (Wildman–Crippen MR) is 75.4 cm³/mol. The van der Waals surface area contributed by atoms with Crippen molar-refractivity contribution in [1.82, 2.24) is 4.90 Å². The van der Waals surface area contributed by atoms with Crippen LogP contribution in [0.4, 0.5) is 11.4 Å². The molecule has 1 aromatic rings. The second-order valence-corrected chi connectivity index (χ2v) is 5.17. The van der Waals surface area contributed by atoms with Gasteiger partial charge < -0.3 is 15.5 Å². The molecule has 0 amide bonds. The molecule has 0 unspecified atom stereocenters. The SMILES string of the molecule is CN(C)CCN(C)c1ccc(I)cc1N. The molecule has 0 heterocycles. The monoisotopic (exact) mass is 319 g/mol. The topological polar surface area (TPSA) is 32.5 Å². The van der Waals surface area contributed by atoms with Crippen molar-refractivity contribution in [2.24, 2.45) is 0 Å². The molecule has 0 aliphatic carbocycles. The third-order valence-electron chi connectivity index (χ3n) is 2.28. The Kier molecular flexibility index (Phi) is 4.66. The average Bonchev–Trinajstić information content (AvgIpc) is 2.14. The lowest BCUT2D eigenvalue weighted by Crippen LogP contribution is -2.28. The van der Waals surface area contributed by atoms with Crippen LogP contribution in [0.15, 0.2) is 18.2 Å². The van der Waals surface area contributed by atoms with Gasteiger partial charge in [-0.1, -0.05) is 0 Å². The molecule has 0 saturated carbocycles. The molecule has 0 atom stereocenters. The highest BCUT2D eigenvalue weighted by Gasteiger charge is 2.05. The fraction of sp³-hybridized carbons (Fsp3) is 0.455. The van der Waals surface area contributed by atoms with E-state index in [9.17, 15) is 0 Å². The maximum absolute atomic E-state index is 5.97. The molecule has 0 aliphatic rings. The van der Waals surface area contributed by atoms with Gasteiger partial charge in [-0.15, -0.1) is 0 Å². The van der Waals surface area contributed by atoms with E-state index in [4.69, 9.17) is 5.73 Å². The zero-order valence-corrected chi connectivity index (χ0v) is 11.7. The first-order valence-corrected chi connectivity index (χ1v) is 5.99. The van der Waals surface area contributed by atoms with Crippen molar-refractivity contribution in [2.45, 2.75) is 0 Å². The molecule has 0 bridgehead atoms. The normalized spacial score (nSPS) is 10.7. The Morgan fingerprint density at radius 3 is 2.40 bits per heavy atom. The number of hydrogen-bond donors (Lipinski definition) is 1. The van der Waals surface area contributed by atoms with E-state index in [0.29, 0.717) is 0 Å². The second-order valence-electron chi connectivity index (χ2n) is 3.93. The summed E-state index contributed by atoms with van der Waals surface area (Å²) in [5.74, 6) is 0. The second kappa shape index (κ2) is 5.55. The van der Waals surface area contributed by atoms with Crippen LogP contribution in [-0.2, 0) is 0 Å². The third kappa shape index (κ3) is 3.87. The van der Waals surface area contributed by atoms with Crippen LogP contribution in [0.25, 0.3) is 0 Å². The average molecular weight is 319 g/mol. The fourth-order valence-electron chi connectivity index (χ4n) is 1.34. The summed E-state index contributed by atoms with van der Waals surface area (Å²) >= 11 is 2.27. The van der Waals surface area contributed by atoms with Gasteiger partial charge >= 0.3 is 0 Å². The summed E-state index contributed by atoms with van der Waals surface area (Å²) in [6.45, 7) is 2.01. The van der Waals surface area contributed by atoms with Gasteiger partial charge in [0.1, 0.15) is 0 Å². The molecular formula is C11H18IN3. The van der Waals surface area contributed by atoms with E-state index in [1.54, 1.807) is 0 Å². The molecule has 1 aromatic carbocycles. The molecule has 0 aromatic heterocycles. The minimum Gasteiger partial charge on any atom is -0.397 e. The van der Waals surface area contributed by atoms with E-state index in [0.717, 1.165) is 24.5 Å². The summed E-state index contributed by atoms with van der Waals surface area (Å²) in [4.78, 5) is 4.35. The molecule has 0 spiro atoms. The third-order valence-corrected chi connectivity index (χ3v) is 2.95. The number of hydrogen-bond acceptors (Lipinski definition) is 3. The van der Waals surface area contributed by atoms with Crippen LogP contribution in [0.1, 0.15) is 0 Å². The first kappa shape index (κ1) is 12.6. The first-order valence-electron chi connectivity index (χ1n) is 4.91. The van der Waals surface area contributed by atoms with Gasteiger partial charge in [-0.05, 0) is 54.9 Å². The van der Waals surface area contributed by atoms with Crippen LogP contribution in [0.2, 0.25) is 0 Å². The molecule has 0 saturated heterocycles. The van der Waals surface area contributed by atoms with Gasteiger partial charge in [0.25, 0.3) is 0 Å². The zero-order chi connectivity index (χ0) is 11.4. The summed E-state index contributed by atoms with van der Waals surface area (Å²) in [6.07, 6.45) is 0. The lowest BCUT2D eigenvalue weighted by molar-refractivity contribution is 0.416. The van der Waals surface area contributed by atoms with Crippen LogP contribution >= 0.6 is 22.6 Å². The Hall–Kier alpha value is -0.490. The Bertz CT molecular complexity index is 326. The minimum absolute atomic E-state index is 0.850. The number of nitrogens with two attached hydrogens (primary N) is 1. The zero-order valence-electron chi connectivity index (χ0n) is 9.50. The maximum atomic E-state index is 5.97. The summed E-state index contributed by atoms with van der Waals surface area (Å²) in [5, 5.41) is 0. The molecule has 0 fully saturated rings. The van der Waals surface area contributed by atoms with E-state index in [-0.39, 0.29) is 0 Å². The smallest absolute Gasteiger partial charge is 0.0598 e. The predicted octanol–water partition coefficient (Wildman–Crippen LogP) is 1.87. The van der Waals surface area contributed by atoms with Crippen LogP contribution in [0, 0.1) is 3.57 Å². The highest BCUT2D eigenvalue weighted by molar-refractivity contribution is 14.1. The highest BCUT2D eigenvalue weighted by atomic mass is 127. The van der Waals surface area contributed by atoms with E-state index in [2.05, 4.69) is 65.7 Å². The Morgan fingerprint density at radius 1 is 1.20 bits per heavy atom. The van der Waals surface area contributed by atoms with Crippen LogP contribution in [0.3, 0.4) is 0 Å². The van der Waals surface area contributed by atoms with Crippen LogP contribution < -0.4 is 10.6 Å². The maximum Gasteiger partial charge on any atom is 0.0598 e. The number of benzene rings is 1. The number of halogens is 1. The number of likely N-dealkylation sites (N-methyl/N-ethyl adjacent to an activating group) is 2. The Labute approximate surface area is 105 Å². The molecule has 0 radical (unpaired) electrons. The molecule has 4 heteroatoms. The molecule has 3 nitrogen and oxygen atoms in total. The molecule has 0 aliphatic heterocycles. The quantitative estimate of drug-likeness (QED) is 0.679. The first-order chi connectivity index (χ1) is 7.00. The van der Waals surface area contributed by atoms with Crippen molar-refractivity contribution in [3.8, 4) is 0 Å². The van der Waals surface area contributed by atoms with Crippen molar-refractivity contribution >= 4 is 34.0 Å². The number of rotatable bonds is 4. The number of anilines is 2. The molecule has 84 valence electrons. The lowest BCUT2D eigenvalue weighted by atomic mass is 10.2. The molecular weight excluding hydrogens is 301 g/mol. The van der Waals surface area contributed by atoms with Crippen LogP contribution in [-0.4, -0.2) is 39.1 Å². The van der Waals surface area contributed by atoms with Gasteiger partial charge in [0, 0.05) is 23.7 Å². The van der Waals surface area contributed by atoms with Gasteiger partial charge in [0.2, 0.25) is 0 Å². The number of nitrogens with zero attached hydrogens (tertiary/aromatic N) is 2. The summed E-state index contributed by atoms with van der Waals surface area (Å²) in [6, 6.07) is 6.16. The van der Waals surface area contributed by atoms with Gasteiger partial charge in [0.05, 0.1) is 11.4 Å². The van der Waals surface area contributed by atoms with Crippen LogP contribution in [0.5, 0.6) is 0 Å². The standard InChI is InChI=1S/C11H18IN3/c1-14(2)6-7-15(3)11-5-4-9(12)8-10(11)13/h4-5,8H,6-7,13H2,1-3H3. The summed E-state index contributed by atoms with van der Waals surface area (Å²) in [5.41, 5.74) is 7.93. The van der Waals surface area contributed by atoms with Crippen molar-refractivity contribution in [3.05, 3.63) is 21.8 Å². The van der Waals surface area contributed by atoms with Gasteiger partial charge in [-0.2, -0.15) is 0 Å². The van der Waals surface area contributed by atoms with Crippen molar-refractivity contribution in [1.29, 1.82) is 0 Å². The molecule has 2 N–H and O–H groups in total. The van der Waals surface area contributed by atoms with E-state index < -0.39 is 0 Å². The van der Waals surface area contributed by atoms with Crippen molar-refractivity contribution < 1.29 is 0 Å². The largest absolute Gasteiger partial charge is 0.397 e. The fourth-order valence-corrected chi connectivity index (χ4v) is 1.86. The lowest BCUT2D eigenvalue weighted by Gasteiger charge is -2.23. The van der Waals surface area contributed by atoms with E-state index in [1.165, 1.54) is 3.57 Å². The Morgan fingerprint density at radius 2 is 1.87 bits per heavy atom. The van der Waals surface area contributed by atoms with Gasteiger partial charge in [-0.25, -0.2) is 0 Å². The molecule has 1 rings (SSSR count). The summed E-state index contributed by atoms with van der Waals surface area (Å²) in [7, 11) is 6.22.